The number of fused-ring (bicyclic) bond motifs is 1. The maximum absolute atomic E-state index is 12.6. The summed E-state index contributed by atoms with van der Waals surface area (Å²) in [6.07, 6.45) is 5.98. The smallest absolute Gasteiger partial charge is 0.338 e. The van der Waals surface area contributed by atoms with Crippen LogP contribution >= 0.6 is 0 Å². The van der Waals surface area contributed by atoms with Gasteiger partial charge in [0.15, 0.2) is 0 Å². The maximum atomic E-state index is 12.6. The molecule has 1 aromatic carbocycles. The Hall–Kier alpha value is -2.76. The first-order valence-corrected chi connectivity index (χ1v) is 7.00. The van der Waals surface area contributed by atoms with Gasteiger partial charge in [-0.05, 0) is 30.5 Å². The van der Waals surface area contributed by atoms with Gasteiger partial charge in [0.1, 0.15) is 5.69 Å². The van der Waals surface area contributed by atoms with Crippen molar-refractivity contribution >= 4 is 17.6 Å². The minimum atomic E-state index is -0.384. The van der Waals surface area contributed by atoms with Gasteiger partial charge in [0, 0.05) is 24.6 Å². The van der Waals surface area contributed by atoms with E-state index in [1.165, 1.54) is 25.7 Å². The molecule has 0 saturated heterocycles. The quantitative estimate of drug-likeness (QED) is 0.791. The van der Waals surface area contributed by atoms with Gasteiger partial charge in [0.2, 0.25) is 0 Å². The van der Waals surface area contributed by atoms with E-state index in [-0.39, 0.29) is 11.9 Å². The Morgan fingerprint density at radius 2 is 2.14 bits per heavy atom. The molecular weight excluding hydrogens is 282 g/mol. The molecule has 112 valence electrons. The topological polar surface area (TPSA) is 72.4 Å². The number of carbonyl (C=O) groups excluding carboxylic acids is 2. The fourth-order valence-electron chi connectivity index (χ4n) is 2.68. The van der Waals surface area contributed by atoms with Gasteiger partial charge >= 0.3 is 5.97 Å². The van der Waals surface area contributed by atoms with E-state index < -0.39 is 0 Å². The van der Waals surface area contributed by atoms with Gasteiger partial charge in [-0.1, -0.05) is 6.07 Å². The van der Waals surface area contributed by atoms with Gasteiger partial charge in [-0.2, -0.15) is 0 Å². The molecule has 1 amide bonds. The number of carbonyl (C=O) groups is 2. The summed E-state index contributed by atoms with van der Waals surface area (Å²) in [4.78, 5) is 34.1. The Labute approximate surface area is 127 Å². The van der Waals surface area contributed by atoms with E-state index in [1.807, 2.05) is 6.07 Å². The lowest BCUT2D eigenvalue weighted by molar-refractivity contribution is 0.0599. The second-order valence-electron chi connectivity index (χ2n) is 4.95. The van der Waals surface area contributed by atoms with Crippen LogP contribution in [0.2, 0.25) is 0 Å². The number of anilines is 1. The van der Waals surface area contributed by atoms with Crippen LogP contribution in [0.15, 0.2) is 36.8 Å². The van der Waals surface area contributed by atoms with Crippen molar-refractivity contribution in [3.63, 3.8) is 0 Å². The fourth-order valence-corrected chi connectivity index (χ4v) is 2.68. The van der Waals surface area contributed by atoms with Crippen LogP contribution < -0.4 is 4.90 Å². The van der Waals surface area contributed by atoms with Crippen molar-refractivity contribution in [1.82, 2.24) is 9.97 Å². The van der Waals surface area contributed by atoms with E-state index in [9.17, 15) is 9.59 Å². The van der Waals surface area contributed by atoms with Crippen LogP contribution in [0.5, 0.6) is 0 Å². The van der Waals surface area contributed by atoms with Gasteiger partial charge in [0.05, 0.1) is 18.9 Å². The van der Waals surface area contributed by atoms with Crippen LogP contribution in [0.1, 0.15) is 32.8 Å². The van der Waals surface area contributed by atoms with Crippen LogP contribution in [-0.2, 0) is 11.2 Å². The van der Waals surface area contributed by atoms with Crippen molar-refractivity contribution in [3.8, 4) is 0 Å². The summed E-state index contributed by atoms with van der Waals surface area (Å²) in [6, 6.07) is 5.32. The van der Waals surface area contributed by atoms with Crippen molar-refractivity contribution in [2.75, 3.05) is 18.6 Å². The third-order valence-corrected chi connectivity index (χ3v) is 3.68. The molecule has 0 aliphatic carbocycles. The highest BCUT2D eigenvalue weighted by Crippen LogP contribution is 2.31. The number of hydrogen-bond acceptors (Lipinski definition) is 5. The molecule has 0 spiro atoms. The minimum absolute atomic E-state index is 0.212. The molecule has 2 heterocycles. The van der Waals surface area contributed by atoms with Gasteiger partial charge in [-0.25, -0.2) is 9.78 Å². The fraction of sp³-hybridized carbons (Fsp3) is 0.250. The third kappa shape index (κ3) is 2.43. The molecule has 0 radical (unpaired) electrons. The molecule has 22 heavy (non-hydrogen) atoms. The Bertz CT molecular complexity index is 716. The first kappa shape index (κ1) is 14.2. The van der Waals surface area contributed by atoms with Gasteiger partial charge in [0.25, 0.3) is 5.91 Å². The predicted molar refractivity (Wildman–Crippen MR) is 79.8 cm³/mol. The molecule has 0 saturated carbocycles. The molecule has 0 unspecified atom stereocenters. The van der Waals surface area contributed by atoms with E-state index in [0.29, 0.717) is 17.8 Å². The number of benzene rings is 1. The number of aromatic nitrogens is 2. The van der Waals surface area contributed by atoms with E-state index in [1.54, 1.807) is 17.0 Å². The highest BCUT2D eigenvalue weighted by Gasteiger charge is 2.27. The molecule has 0 bridgehead atoms. The minimum Gasteiger partial charge on any atom is -0.465 e. The molecule has 6 nitrogen and oxygen atoms in total. The lowest BCUT2D eigenvalue weighted by Gasteiger charge is -2.30. The Balaban J connectivity index is 2.02. The first-order valence-electron chi connectivity index (χ1n) is 7.00. The van der Waals surface area contributed by atoms with Crippen LogP contribution in [0.4, 0.5) is 5.69 Å². The van der Waals surface area contributed by atoms with Crippen LogP contribution in [0.25, 0.3) is 0 Å². The highest BCUT2D eigenvalue weighted by molar-refractivity contribution is 6.06. The molecule has 0 fully saturated rings. The second kappa shape index (κ2) is 5.93. The number of hydrogen-bond donors (Lipinski definition) is 0. The summed E-state index contributed by atoms with van der Waals surface area (Å²) >= 11 is 0. The summed E-state index contributed by atoms with van der Waals surface area (Å²) in [7, 11) is 1.35. The molecule has 1 aromatic heterocycles. The lowest BCUT2D eigenvalue weighted by Crippen LogP contribution is -2.36. The van der Waals surface area contributed by atoms with Crippen molar-refractivity contribution in [2.45, 2.75) is 12.8 Å². The predicted octanol–water partition coefficient (Wildman–Crippen LogP) is 1.86. The van der Waals surface area contributed by atoms with Crippen molar-refractivity contribution in [3.05, 3.63) is 53.6 Å². The Kier molecular flexibility index (Phi) is 3.82. The molecule has 2 aromatic rings. The van der Waals surface area contributed by atoms with Crippen molar-refractivity contribution < 1.29 is 14.3 Å². The Morgan fingerprint density at radius 3 is 2.86 bits per heavy atom. The summed E-state index contributed by atoms with van der Waals surface area (Å²) in [5.74, 6) is -0.596. The van der Waals surface area contributed by atoms with Crippen molar-refractivity contribution in [2.24, 2.45) is 0 Å². The third-order valence-electron chi connectivity index (χ3n) is 3.68. The molecule has 3 rings (SSSR count). The summed E-state index contributed by atoms with van der Waals surface area (Å²) in [5.41, 5.74) is 2.39. The van der Waals surface area contributed by atoms with Crippen LogP contribution in [0, 0.1) is 0 Å². The normalized spacial score (nSPS) is 13.4. The number of nitrogens with zero attached hydrogens (tertiary/aromatic N) is 3. The number of esters is 1. The number of rotatable bonds is 2. The lowest BCUT2D eigenvalue weighted by atomic mass is 9.96. The number of amides is 1. The molecular formula is C16H15N3O3. The van der Waals surface area contributed by atoms with Gasteiger partial charge < -0.3 is 9.64 Å². The zero-order valence-electron chi connectivity index (χ0n) is 12.2. The molecule has 1 aliphatic heterocycles. The SMILES string of the molecule is COC(=O)c1cccc2c1CCCN2C(=O)c1cnccn1. The average Bonchev–Trinajstić information content (AvgIpc) is 2.60. The molecule has 6 heteroatoms. The molecule has 0 atom stereocenters. The molecule has 0 N–H and O–H groups in total. The zero-order chi connectivity index (χ0) is 15.5. The van der Waals surface area contributed by atoms with Gasteiger partial charge in [-0.15, -0.1) is 0 Å². The van der Waals surface area contributed by atoms with E-state index in [4.69, 9.17) is 4.74 Å². The average molecular weight is 297 g/mol. The molecule has 1 aliphatic rings. The van der Waals surface area contributed by atoms with Crippen LogP contribution in [-0.4, -0.2) is 35.5 Å². The maximum Gasteiger partial charge on any atom is 0.338 e. The van der Waals surface area contributed by atoms with E-state index in [0.717, 1.165) is 24.1 Å². The largest absolute Gasteiger partial charge is 0.465 e. The van der Waals surface area contributed by atoms with Gasteiger partial charge in [-0.3, -0.25) is 9.78 Å². The zero-order valence-corrected chi connectivity index (χ0v) is 12.2. The summed E-state index contributed by atoms with van der Waals surface area (Å²) in [6.45, 7) is 0.590. The van der Waals surface area contributed by atoms with E-state index >= 15 is 0 Å². The Morgan fingerprint density at radius 1 is 1.27 bits per heavy atom. The monoisotopic (exact) mass is 297 g/mol. The summed E-state index contributed by atoms with van der Waals surface area (Å²) < 4.78 is 4.82. The second-order valence-corrected chi connectivity index (χ2v) is 4.95. The number of ether oxygens (including phenoxy) is 1. The van der Waals surface area contributed by atoms with Crippen molar-refractivity contribution in [1.29, 1.82) is 0 Å². The van der Waals surface area contributed by atoms with Crippen LogP contribution in [0.3, 0.4) is 0 Å². The summed E-state index contributed by atoms with van der Waals surface area (Å²) in [5, 5.41) is 0. The number of methoxy groups -OCH3 is 1. The first-order chi connectivity index (χ1) is 10.7. The van der Waals surface area contributed by atoms with E-state index in [2.05, 4.69) is 9.97 Å². The highest BCUT2D eigenvalue weighted by atomic mass is 16.5. The standard InChI is InChI=1S/C16H15N3O3/c1-22-16(21)12-4-2-6-14-11(12)5-3-9-19(14)15(20)13-10-17-7-8-18-13/h2,4,6-8,10H,3,5,9H2,1H3.